The maximum atomic E-state index is 10.5. The van der Waals surface area contributed by atoms with Crippen LogP contribution < -0.4 is 11.1 Å². The van der Waals surface area contributed by atoms with Gasteiger partial charge < -0.3 is 24.3 Å². The lowest BCUT2D eigenvalue weighted by Crippen LogP contribution is -2.46. The smallest absolute Gasteiger partial charge is 0.374 e. The third-order valence-corrected chi connectivity index (χ3v) is 5.20. The first kappa shape index (κ1) is 19.9. The summed E-state index contributed by atoms with van der Waals surface area (Å²) in [6, 6.07) is 0.171. The summed E-state index contributed by atoms with van der Waals surface area (Å²) in [5, 5.41) is 2.54. The molecule has 2 amide bonds. The molecule has 0 aromatic rings. The first-order chi connectivity index (χ1) is 8.10. The monoisotopic (exact) mass is 296 g/mol. The summed E-state index contributed by atoms with van der Waals surface area (Å²) in [6.07, 6.45) is 0.731. The number of urea groups is 1. The highest BCUT2D eigenvalue weighted by Gasteiger charge is 2.39. The summed E-state index contributed by atoms with van der Waals surface area (Å²) < 4.78 is 17.0. The van der Waals surface area contributed by atoms with Crippen molar-refractivity contribution in [3.05, 3.63) is 0 Å². The fourth-order valence-electron chi connectivity index (χ4n) is 1.52. The number of carbonyl (C=O) groups excluding carboxylic acids is 1. The van der Waals surface area contributed by atoms with Crippen LogP contribution in [-0.2, 0) is 13.3 Å². The maximum Gasteiger partial charge on any atom is 0.500 e. The Hall–Kier alpha value is -0.416. The van der Waals surface area contributed by atoms with Crippen LogP contribution in [0.4, 0.5) is 4.79 Å². The van der Waals surface area contributed by atoms with Gasteiger partial charge in [-0.3, -0.25) is 0 Å². The lowest BCUT2D eigenvalue weighted by Gasteiger charge is -2.28. The van der Waals surface area contributed by atoms with E-state index in [2.05, 4.69) is 5.32 Å². The average molecular weight is 297 g/mol. The van der Waals surface area contributed by atoms with Gasteiger partial charge in [0, 0.05) is 32.4 Å². The van der Waals surface area contributed by atoms with E-state index >= 15 is 0 Å². The Balaban J connectivity index is 0. The first-order valence-electron chi connectivity index (χ1n) is 6.05. The van der Waals surface area contributed by atoms with Gasteiger partial charge in [0.1, 0.15) is 0 Å². The number of hydrogen-bond acceptors (Lipinski definition) is 4. The summed E-state index contributed by atoms with van der Waals surface area (Å²) in [5.41, 5.74) is 4.99. The molecule has 8 heteroatoms. The van der Waals surface area contributed by atoms with Crippen LogP contribution in [-0.4, -0.2) is 52.2 Å². The minimum Gasteiger partial charge on any atom is -0.374 e. The molecule has 0 aliphatic rings. The minimum atomic E-state index is -2.56. The van der Waals surface area contributed by atoms with Crippen molar-refractivity contribution in [1.29, 1.82) is 0 Å². The highest BCUT2D eigenvalue weighted by atomic mass is 28.4. The fourth-order valence-corrected chi connectivity index (χ4v) is 4.13. The molecule has 0 saturated heterocycles. The van der Waals surface area contributed by atoms with E-state index in [0.717, 1.165) is 6.42 Å². The van der Waals surface area contributed by atoms with Crippen molar-refractivity contribution in [2.75, 3.05) is 26.4 Å². The Morgan fingerprint density at radius 2 is 1.56 bits per heavy atom. The zero-order valence-electron chi connectivity index (χ0n) is 11.0. The number of amides is 2. The van der Waals surface area contributed by atoms with Crippen LogP contribution in [0.1, 0.15) is 27.2 Å². The van der Waals surface area contributed by atoms with Crippen molar-refractivity contribution >= 4 is 25.8 Å². The van der Waals surface area contributed by atoms with E-state index in [1.165, 1.54) is 0 Å². The first-order valence-corrected chi connectivity index (χ1v) is 7.98. The van der Waals surface area contributed by atoms with Crippen LogP contribution >= 0.6 is 0 Å². The van der Waals surface area contributed by atoms with Crippen molar-refractivity contribution in [2.45, 2.75) is 33.2 Å². The van der Waals surface area contributed by atoms with E-state index in [9.17, 15) is 4.79 Å². The SMILES string of the molecule is CCO[Si](CCCNC(N)=O)(OCC)OCC.[SiH4]. The third-order valence-electron chi connectivity index (χ3n) is 2.05. The van der Waals surface area contributed by atoms with Gasteiger partial charge in [0.25, 0.3) is 0 Å². The molecule has 0 radical (unpaired) electrons. The zero-order chi connectivity index (χ0) is 13.1. The largest absolute Gasteiger partial charge is 0.500 e. The maximum absolute atomic E-state index is 10.5. The Morgan fingerprint density at radius 3 is 1.89 bits per heavy atom. The van der Waals surface area contributed by atoms with E-state index in [4.69, 9.17) is 19.0 Å². The standard InChI is InChI=1S/C10H24N2O4Si.H4Si/c1-4-14-17(15-5-2,16-6-3)9-7-8-12-10(11)13;/h4-9H2,1-3H3,(H3,11,12,13);1H4. The number of carbonyl (C=O) groups is 1. The number of primary amides is 1. The molecule has 0 aliphatic heterocycles. The third kappa shape index (κ3) is 8.64. The molecule has 0 saturated carbocycles. The summed E-state index contributed by atoms with van der Waals surface area (Å²) in [5.74, 6) is 0. The van der Waals surface area contributed by atoms with Crippen molar-refractivity contribution in [1.82, 2.24) is 5.32 Å². The van der Waals surface area contributed by atoms with Gasteiger partial charge in [-0.1, -0.05) is 0 Å². The second kappa shape index (κ2) is 11.7. The number of rotatable bonds is 10. The molecule has 0 aromatic heterocycles. The van der Waals surface area contributed by atoms with Gasteiger partial charge in [-0.15, -0.1) is 0 Å². The summed E-state index contributed by atoms with van der Waals surface area (Å²) >= 11 is 0. The molecule has 6 nitrogen and oxygen atoms in total. The van der Waals surface area contributed by atoms with Gasteiger partial charge in [-0.25, -0.2) is 4.79 Å². The minimum absolute atomic E-state index is 0. The Morgan fingerprint density at radius 1 is 1.11 bits per heavy atom. The van der Waals surface area contributed by atoms with Crippen LogP contribution in [0.3, 0.4) is 0 Å². The number of nitrogens with one attached hydrogen (secondary N) is 1. The average Bonchev–Trinajstić information content (AvgIpc) is 2.25. The van der Waals surface area contributed by atoms with Crippen molar-refractivity contribution in [2.24, 2.45) is 5.73 Å². The highest BCUT2D eigenvalue weighted by molar-refractivity contribution is 6.60. The van der Waals surface area contributed by atoms with Gasteiger partial charge in [0.05, 0.1) is 0 Å². The lowest BCUT2D eigenvalue weighted by molar-refractivity contribution is 0.0708. The quantitative estimate of drug-likeness (QED) is 0.426. The highest BCUT2D eigenvalue weighted by Crippen LogP contribution is 2.17. The van der Waals surface area contributed by atoms with Gasteiger partial charge in [-0.2, -0.15) is 0 Å². The predicted octanol–water partition coefficient (Wildman–Crippen LogP) is -0.358. The second-order valence-electron chi connectivity index (χ2n) is 3.38. The van der Waals surface area contributed by atoms with Crippen molar-refractivity contribution < 1.29 is 18.1 Å². The number of nitrogens with two attached hydrogens (primary N) is 1. The molecule has 110 valence electrons. The fraction of sp³-hybridized carbons (Fsp3) is 0.900. The molecule has 0 unspecified atom stereocenters. The second-order valence-corrected chi connectivity index (χ2v) is 6.11. The van der Waals surface area contributed by atoms with E-state index in [1.54, 1.807) is 0 Å². The van der Waals surface area contributed by atoms with Gasteiger partial charge in [-0.05, 0) is 38.2 Å². The Bertz CT molecular complexity index is 203. The van der Waals surface area contributed by atoms with E-state index in [0.29, 0.717) is 32.4 Å². The molecule has 0 aromatic carbocycles. The Kier molecular flexibility index (Phi) is 12.9. The predicted molar refractivity (Wildman–Crippen MR) is 79.0 cm³/mol. The molecule has 18 heavy (non-hydrogen) atoms. The molecule has 0 aliphatic carbocycles. The molecular weight excluding hydrogens is 268 g/mol. The van der Waals surface area contributed by atoms with Crippen LogP contribution in [0.2, 0.25) is 6.04 Å². The molecular formula is C10H28N2O4Si2. The molecule has 0 atom stereocenters. The number of hydrogen-bond donors (Lipinski definition) is 2. The lowest BCUT2D eigenvalue weighted by atomic mass is 10.5. The molecule has 3 N–H and O–H groups in total. The molecule has 0 rings (SSSR count). The van der Waals surface area contributed by atoms with Crippen molar-refractivity contribution in [3.8, 4) is 0 Å². The van der Waals surface area contributed by atoms with Gasteiger partial charge >= 0.3 is 14.8 Å². The van der Waals surface area contributed by atoms with E-state index < -0.39 is 14.8 Å². The molecule has 0 heterocycles. The Labute approximate surface area is 115 Å². The summed E-state index contributed by atoms with van der Waals surface area (Å²) in [6.45, 7) is 7.96. The van der Waals surface area contributed by atoms with Crippen LogP contribution in [0, 0.1) is 0 Å². The van der Waals surface area contributed by atoms with Crippen molar-refractivity contribution in [3.63, 3.8) is 0 Å². The van der Waals surface area contributed by atoms with E-state index in [1.807, 2.05) is 20.8 Å². The topological polar surface area (TPSA) is 82.8 Å². The van der Waals surface area contributed by atoms with Crippen LogP contribution in [0.5, 0.6) is 0 Å². The molecule has 0 fully saturated rings. The zero-order valence-corrected chi connectivity index (χ0v) is 12.0. The molecule has 0 spiro atoms. The van der Waals surface area contributed by atoms with Gasteiger partial charge in [0.15, 0.2) is 0 Å². The summed E-state index contributed by atoms with van der Waals surface area (Å²) in [7, 11) is -2.56. The van der Waals surface area contributed by atoms with Crippen LogP contribution in [0.15, 0.2) is 0 Å². The molecule has 0 bridgehead atoms. The van der Waals surface area contributed by atoms with Crippen LogP contribution in [0.25, 0.3) is 0 Å². The van der Waals surface area contributed by atoms with E-state index in [-0.39, 0.29) is 11.0 Å². The normalized spacial score (nSPS) is 10.8. The van der Waals surface area contributed by atoms with Gasteiger partial charge in [0.2, 0.25) is 0 Å². The summed E-state index contributed by atoms with van der Waals surface area (Å²) in [4.78, 5) is 10.5.